The van der Waals surface area contributed by atoms with Crippen molar-refractivity contribution in [3.63, 3.8) is 0 Å². The SMILES string of the molecule is CS(=O)(=O)NCCCOC12CC3CC(CC(C3)C1)C2. The molecule has 4 fully saturated rings. The molecule has 0 aliphatic heterocycles. The third kappa shape index (κ3) is 3.31. The van der Waals surface area contributed by atoms with E-state index in [9.17, 15) is 8.42 Å². The minimum absolute atomic E-state index is 0.153. The van der Waals surface area contributed by atoms with E-state index < -0.39 is 10.0 Å². The van der Waals surface area contributed by atoms with Gasteiger partial charge in [0.1, 0.15) is 0 Å². The Morgan fingerprint density at radius 1 is 1.11 bits per heavy atom. The molecule has 0 aromatic carbocycles. The van der Waals surface area contributed by atoms with Crippen molar-refractivity contribution in [1.82, 2.24) is 4.72 Å². The van der Waals surface area contributed by atoms with Crippen LogP contribution >= 0.6 is 0 Å². The fourth-order valence-corrected chi connectivity index (χ4v) is 5.34. The van der Waals surface area contributed by atoms with E-state index in [0.717, 1.165) is 24.2 Å². The summed E-state index contributed by atoms with van der Waals surface area (Å²) in [4.78, 5) is 0. The molecule has 4 saturated carbocycles. The Morgan fingerprint density at radius 3 is 2.11 bits per heavy atom. The molecular formula is C14H25NO3S. The zero-order valence-corrected chi connectivity index (χ0v) is 12.5. The van der Waals surface area contributed by atoms with E-state index in [2.05, 4.69) is 4.72 Å². The summed E-state index contributed by atoms with van der Waals surface area (Å²) in [5, 5.41) is 0. The number of hydrogen-bond donors (Lipinski definition) is 1. The molecule has 4 nitrogen and oxygen atoms in total. The summed E-state index contributed by atoms with van der Waals surface area (Å²) in [5.74, 6) is 2.71. The lowest BCUT2D eigenvalue weighted by molar-refractivity contribution is -0.162. The van der Waals surface area contributed by atoms with Gasteiger partial charge < -0.3 is 4.74 Å². The molecule has 0 saturated heterocycles. The molecule has 4 aliphatic carbocycles. The molecule has 4 aliphatic rings. The Labute approximate surface area is 116 Å². The van der Waals surface area contributed by atoms with Crippen molar-refractivity contribution in [2.75, 3.05) is 19.4 Å². The number of rotatable bonds is 6. The Bertz CT molecular complexity index is 397. The van der Waals surface area contributed by atoms with Gasteiger partial charge in [0.25, 0.3) is 0 Å². The monoisotopic (exact) mass is 287 g/mol. The highest BCUT2D eigenvalue weighted by atomic mass is 32.2. The summed E-state index contributed by atoms with van der Waals surface area (Å²) in [6.45, 7) is 1.18. The fraction of sp³-hybridized carbons (Fsp3) is 1.00. The van der Waals surface area contributed by atoms with Crippen molar-refractivity contribution in [2.24, 2.45) is 17.8 Å². The van der Waals surface area contributed by atoms with Crippen molar-refractivity contribution >= 4 is 10.0 Å². The second-order valence-corrected chi connectivity index (χ2v) is 8.80. The maximum atomic E-state index is 11.0. The fourth-order valence-electron chi connectivity index (χ4n) is 4.83. The Balaban J connectivity index is 1.45. The van der Waals surface area contributed by atoms with E-state index in [1.807, 2.05) is 0 Å². The first-order valence-corrected chi connectivity index (χ1v) is 9.42. The molecule has 110 valence electrons. The maximum absolute atomic E-state index is 11.0. The lowest BCUT2D eigenvalue weighted by Gasteiger charge is -2.56. The van der Waals surface area contributed by atoms with Gasteiger partial charge in [-0.3, -0.25) is 0 Å². The molecule has 19 heavy (non-hydrogen) atoms. The van der Waals surface area contributed by atoms with Crippen LogP contribution in [0.4, 0.5) is 0 Å². The van der Waals surface area contributed by atoms with Gasteiger partial charge in [0, 0.05) is 13.2 Å². The Morgan fingerprint density at radius 2 is 1.63 bits per heavy atom. The third-order valence-electron chi connectivity index (χ3n) is 5.08. The second-order valence-electron chi connectivity index (χ2n) is 6.97. The molecular weight excluding hydrogens is 262 g/mol. The van der Waals surface area contributed by atoms with Crippen LogP contribution in [-0.4, -0.2) is 33.4 Å². The van der Waals surface area contributed by atoms with Crippen molar-refractivity contribution < 1.29 is 13.2 Å². The van der Waals surface area contributed by atoms with Gasteiger partial charge in [-0.1, -0.05) is 0 Å². The average Bonchev–Trinajstić information content (AvgIpc) is 2.24. The zero-order chi connectivity index (χ0) is 13.5. The lowest BCUT2D eigenvalue weighted by Crippen LogP contribution is -2.52. The maximum Gasteiger partial charge on any atom is 0.208 e. The third-order valence-corrected chi connectivity index (χ3v) is 5.80. The van der Waals surface area contributed by atoms with Crippen molar-refractivity contribution in [2.45, 2.75) is 50.5 Å². The van der Waals surface area contributed by atoms with Crippen LogP contribution in [0.15, 0.2) is 0 Å². The first-order chi connectivity index (χ1) is 8.94. The van der Waals surface area contributed by atoms with E-state index in [0.29, 0.717) is 13.2 Å². The van der Waals surface area contributed by atoms with Crippen molar-refractivity contribution in [3.05, 3.63) is 0 Å². The van der Waals surface area contributed by atoms with Crippen LogP contribution < -0.4 is 4.72 Å². The molecule has 0 amide bonds. The molecule has 5 heteroatoms. The van der Waals surface area contributed by atoms with Crippen molar-refractivity contribution in [1.29, 1.82) is 0 Å². The normalized spacial score (nSPS) is 40.8. The van der Waals surface area contributed by atoms with E-state index in [1.165, 1.54) is 44.8 Å². The smallest absolute Gasteiger partial charge is 0.208 e. The van der Waals surface area contributed by atoms with Gasteiger partial charge in [-0.05, 0) is 62.7 Å². The standard InChI is InChI=1S/C14H25NO3S/c1-19(16,17)15-3-2-4-18-14-8-11-5-12(9-14)7-13(6-11)10-14/h11-13,15H,2-10H2,1H3. The van der Waals surface area contributed by atoms with Gasteiger partial charge in [0.05, 0.1) is 11.9 Å². The first-order valence-electron chi connectivity index (χ1n) is 7.53. The largest absolute Gasteiger partial charge is 0.375 e. The van der Waals surface area contributed by atoms with Gasteiger partial charge in [-0.2, -0.15) is 0 Å². The second kappa shape index (κ2) is 5.01. The summed E-state index contributed by atoms with van der Waals surface area (Å²) in [6.07, 6.45) is 10.0. The number of nitrogens with one attached hydrogen (secondary N) is 1. The highest BCUT2D eigenvalue weighted by Crippen LogP contribution is 2.57. The molecule has 1 N–H and O–H groups in total. The number of sulfonamides is 1. The Kier molecular flexibility index (Phi) is 3.65. The van der Waals surface area contributed by atoms with Gasteiger partial charge in [0.15, 0.2) is 0 Å². The first kappa shape index (κ1) is 13.8. The summed E-state index contributed by atoms with van der Waals surface area (Å²) in [5.41, 5.74) is 0.153. The summed E-state index contributed by atoms with van der Waals surface area (Å²) < 4.78 is 30.7. The average molecular weight is 287 g/mol. The lowest BCUT2D eigenvalue weighted by atomic mass is 9.54. The zero-order valence-electron chi connectivity index (χ0n) is 11.7. The van der Waals surface area contributed by atoms with E-state index in [4.69, 9.17) is 4.74 Å². The molecule has 4 rings (SSSR count). The molecule has 0 heterocycles. The van der Waals surface area contributed by atoms with Crippen LogP contribution in [0.25, 0.3) is 0 Å². The summed E-state index contributed by atoms with van der Waals surface area (Å²) in [6, 6.07) is 0. The predicted octanol–water partition coefficient (Wildman–Crippen LogP) is 1.91. The van der Waals surface area contributed by atoms with Crippen LogP contribution in [0.3, 0.4) is 0 Å². The molecule has 0 spiro atoms. The van der Waals surface area contributed by atoms with Crippen LogP contribution in [0.2, 0.25) is 0 Å². The number of hydrogen-bond acceptors (Lipinski definition) is 3. The van der Waals surface area contributed by atoms with Crippen LogP contribution in [-0.2, 0) is 14.8 Å². The highest BCUT2D eigenvalue weighted by molar-refractivity contribution is 7.88. The van der Waals surface area contributed by atoms with E-state index >= 15 is 0 Å². The molecule has 4 bridgehead atoms. The highest BCUT2D eigenvalue weighted by Gasteiger charge is 2.51. The van der Waals surface area contributed by atoms with E-state index in [-0.39, 0.29) is 5.60 Å². The quantitative estimate of drug-likeness (QED) is 0.759. The van der Waals surface area contributed by atoms with Gasteiger partial charge >= 0.3 is 0 Å². The molecule has 0 unspecified atom stereocenters. The van der Waals surface area contributed by atoms with Crippen LogP contribution in [0, 0.1) is 17.8 Å². The molecule has 0 atom stereocenters. The predicted molar refractivity (Wildman–Crippen MR) is 74.3 cm³/mol. The molecule has 0 radical (unpaired) electrons. The Hall–Kier alpha value is -0.130. The minimum atomic E-state index is -3.06. The van der Waals surface area contributed by atoms with Crippen LogP contribution in [0.1, 0.15) is 44.9 Å². The molecule has 0 aromatic rings. The van der Waals surface area contributed by atoms with Gasteiger partial charge in [-0.25, -0.2) is 13.1 Å². The minimum Gasteiger partial charge on any atom is -0.375 e. The topological polar surface area (TPSA) is 55.4 Å². The summed E-state index contributed by atoms with van der Waals surface area (Å²) >= 11 is 0. The number of ether oxygens (including phenoxy) is 1. The van der Waals surface area contributed by atoms with Crippen LogP contribution in [0.5, 0.6) is 0 Å². The van der Waals surface area contributed by atoms with Gasteiger partial charge in [0.2, 0.25) is 10.0 Å². The summed E-state index contributed by atoms with van der Waals surface area (Å²) in [7, 11) is -3.06. The van der Waals surface area contributed by atoms with Gasteiger partial charge in [-0.15, -0.1) is 0 Å². The molecule has 0 aromatic heterocycles. The van der Waals surface area contributed by atoms with Crippen molar-refractivity contribution in [3.8, 4) is 0 Å². The van der Waals surface area contributed by atoms with E-state index in [1.54, 1.807) is 0 Å².